The fourth-order valence-corrected chi connectivity index (χ4v) is 2.60. The number of benzene rings is 2. The van der Waals surface area contributed by atoms with Gasteiger partial charge in [-0.05, 0) is 24.3 Å². The van der Waals surface area contributed by atoms with Gasteiger partial charge >= 0.3 is 15.2 Å². The van der Waals surface area contributed by atoms with Gasteiger partial charge in [0.05, 0.1) is 0 Å². The summed E-state index contributed by atoms with van der Waals surface area (Å²) < 4.78 is 43.0. The van der Waals surface area contributed by atoms with Gasteiger partial charge < -0.3 is 38.5 Å². The van der Waals surface area contributed by atoms with Crippen LogP contribution in [0.2, 0.25) is 0 Å². The number of rotatable bonds is 11. The fraction of sp³-hybridized carbons (Fsp3) is 0.250. The average Bonchev–Trinajstić information content (AvgIpc) is 2.62. The fourth-order valence-electron chi connectivity index (χ4n) is 1.99. The van der Waals surface area contributed by atoms with E-state index in [0.717, 1.165) is 0 Å². The van der Waals surface area contributed by atoms with Crippen LogP contribution in [0.15, 0.2) is 48.5 Å². The van der Waals surface area contributed by atoms with Crippen LogP contribution >= 0.6 is 15.2 Å². The maximum atomic E-state index is 10.9. The van der Waals surface area contributed by atoms with E-state index in [-0.39, 0.29) is 36.2 Å². The molecule has 2 aromatic carbocycles. The second-order valence-corrected chi connectivity index (χ2v) is 8.64. The standard InChI is InChI=1S/C16H20O10P2/c17-27(18,19)11-25-15-7-3-1-5-13(15)23-9-10-24-14-6-2-4-8-16(14)26-12-28(20,21)22/h1-8H,9-12H2,(H2,17,18,19)(H2,20,21,22). The number of para-hydroxylation sites is 4. The Bertz CT molecular complexity index is 789. The van der Waals surface area contributed by atoms with Crippen LogP contribution in [-0.2, 0) is 9.13 Å². The van der Waals surface area contributed by atoms with E-state index in [1.165, 1.54) is 12.1 Å². The molecule has 0 aromatic heterocycles. The predicted molar refractivity (Wildman–Crippen MR) is 99.0 cm³/mol. The Labute approximate surface area is 161 Å². The van der Waals surface area contributed by atoms with E-state index in [0.29, 0.717) is 0 Å². The van der Waals surface area contributed by atoms with Crippen LogP contribution in [-0.4, -0.2) is 45.5 Å². The molecule has 28 heavy (non-hydrogen) atoms. The lowest BCUT2D eigenvalue weighted by molar-refractivity contribution is 0.202. The normalized spacial score (nSPS) is 11.7. The van der Waals surface area contributed by atoms with Gasteiger partial charge in [-0.2, -0.15) is 0 Å². The van der Waals surface area contributed by atoms with Crippen molar-refractivity contribution in [3.05, 3.63) is 48.5 Å². The number of ether oxygens (including phenoxy) is 4. The zero-order valence-corrected chi connectivity index (χ0v) is 16.4. The molecule has 0 unspecified atom stereocenters. The lowest BCUT2D eigenvalue weighted by Gasteiger charge is -2.15. The molecule has 0 saturated carbocycles. The van der Waals surface area contributed by atoms with Crippen molar-refractivity contribution < 1.29 is 47.7 Å². The molecule has 4 N–H and O–H groups in total. The molecule has 0 saturated heterocycles. The van der Waals surface area contributed by atoms with Crippen molar-refractivity contribution in [2.24, 2.45) is 0 Å². The van der Waals surface area contributed by atoms with Gasteiger partial charge in [0.2, 0.25) is 0 Å². The zero-order valence-electron chi connectivity index (χ0n) is 14.6. The average molecular weight is 434 g/mol. The minimum atomic E-state index is -4.32. The van der Waals surface area contributed by atoms with Crippen LogP contribution in [0.3, 0.4) is 0 Å². The molecule has 0 aliphatic rings. The maximum Gasteiger partial charge on any atom is 0.362 e. The highest BCUT2D eigenvalue weighted by Gasteiger charge is 2.17. The Morgan fingerprint density at radius 1 is 0.571 bits per heavy atom. The van der Waals surface area contributed by atoms with E-state index in [1.54, 1.807) is 36.4 Å². The van der Waals surface area contributed by atoms with E-state index >= 15 is 0 Å². The Morgan fingerprint density at radius 2 is 0.857 bits per heavy atom. The highest BCUT2D eigenvalue weighted by atomic mass is 31.2. The molecule has 0 radical (unpaired) electrons. The Balaban J connectivity index is 1.88. The van der Waals surface area contributed by atoms with Gasteiger partial charge in [-0.25, -0.2) is 0 Å². The highest BCUT2D eigenvalue weighted by Crippen LogP contribution is 2.38. The van der Waals surface area contributed by atoms with Crippen LogP contribution in [0.1, 0.15) is 0 Å². The largest absolute Gasteiger partial charge is 0.486 e. The third-order valence-electron chi connectivity index (χ3n) is 3.07. The molecule has 0 atom stereocenters. The molecular weight excluding hydrogens is 414 g/mol. The third kappa shape index (κ3) is 8.31. The highest BCUT2D eigenvalue weighted by molar-refractivity contribution is 7.51. The van der Waals surface area contributed by atoms with Gasteiger partial charge in [0.1, 0.15) is 13.2 Å². The molecule has 10 nitrogen and oxygen atoms in total. The van der Waals surface area contributed by atoms with Crippen molar-refractivity contribution in [2.75, 3.05) is 25.9 Å². The van der Waals surface area contributed by atoms with Crippen molar-refractivity contribution in [1.29, 1.82) is 0 Å². The summed E-state index contributed by atoms with van der Waals surface area (Å²) in [5.41, 5.74) is 0. The molecule has 154 valence electrons. The third-order valence-corrected chi connectivity index (χ3v) is 4.00. The second kappa shape index (κ2) is 9.93. The second-order valence-electron chi connectivity index (χ2n) is 5.47. The van der Waals surface area contributed by atoms with E-state index in [9.17, 15) is 9.13 Å². The van der Waals surface area contributed by atoms with Crippen LogP contribution in [0.25, 0.3) is 0 Å². The molecule has 12 heteroatoms. The van der Waals surface area contributed by atoms with Crippen molar-refractivity contribution in [2.45, 2.75) is 0 Å². The van der Waals surface area contributed by atoms with E-state index < -0.39 is 27.9 Å². The summed E-state index contributed by atoms with van der Waals surface area (Å²) in [5, 5.41) is 0. The predicted octanol–water partition coefficient (Wildman–Crippen LogP) is 2.17. The summed E-state index contributed by atoms with van der Waals surface area (Å²) in [7, 11) is -8.64. The molecule has 0 aliphatic heterocycles. The first kappa shape index (κ1) is 22.2. The monoisotopic (exact) mass is 434 g/mol. The molecule has 0 fully saturated rings. The molecule has 0 bridgehead atoms. The van der Waals surface area contributed by atoms with Gasteiger partial charge in [0.25, 0.3) is 0 Å². The van der Waals surface area contributed by atoms with E-state index in [2.05, 4.69) is 0 Å². The van der Waals surface area contributed by atoms with E-state index in [4.69, 9.17) is 38.5 Å². The van der Waals surface area contributed by atoms with Gasteiger partial charge in [-0.1, -0.05) is 24.3 Å². The van der Waals surface area contributed by atoms with Crippen LogP contribution in [0, 0.1) is 0 Å². The first-order chi connectivity index (χ1) is 13.1. The van der Waals surface area contributed by atoms with Crippen LogP contribution < -0.4 is 18.9 Å². The molecular formula is C16H20O10P2. The van der Waals surface area contributed by atoms with Gasteiger partial charge in [0.15, 0.2) is 35.7 Å². The topological polar surface area (TPSA) is 152 Å². The van der Waals surface area contributed by atoms with Gasteiger partial charge in [-0.3, -0.25) is 9.13 Å². The van der Waals surface area contributed by atoms with Crippen molar-refractivity contribution in [3.63, 3.8) is 0 Å². The van der Waals surface area contributed by atoms with Crippen LogP contribution in [0.5, 0.6) is 23.0 Å². The molecule has 0 heterocycles. The first-order valence-corrected chi connectivity index (χ1v) is 11.5. The quantitative estimate of drug-likeness (QED) is 0.306. The summed E-state index contributed by atoms with van der Waals surface area (Å²) in [6.07, 6.45) is -1.54. The lowest BCUT2D eigenvalue weighted by Crippen LogP contribution is -2.11. The molecule has 0 amide bonds. The minimum absolute atomic E-state index is 0.0725. The summed E-state index contributed by atoms with van der Waals surface area (Å²) in [4.78, 5) is 35.6. The van der Waals surface area contributed by atoms with Crippen molar-refractivity contribution in [1.82, 2.24) is 0 Å². The molecule has 0 aliphatic carbocycles. The molecule has 0 spiro atoms. The Morgan fingerprint density at radius 3 is 1.14 bits per heavy atom. The molecule has 2 rings (SSSR count). The number of hydrogen-bond acceptors (Lipinski definition) is 6. The smallest absolute Gasteiger partial charge is 0.362 e. The minimum Gasteiger partial charge on any atom is -0.486 e. The lowest BCUT2D eigenvalue weighted by atomic mass is 10.3. The summed E-state index contributed by atoms with van der Waals surface area (Å²) in [6.45, 7) is 0.145. The zero-order chi connectivity index (χ0) is 20.6. The van der Waals surface area contributed by atoms with Crippen LogP contribution in [0.4, 0.5) is 0 Å². The summed E-state index contributed by atoms with van der Waals surface area (Å²) in [6, 6.07) is 12.8. The van der Waals surface area contributed by atoms with Crippen molar-refractivity contribution in [3.8, 4) is 23.0 Å². The van der Waals surface area contributed by atoms with Gasteiger partial charge in [-0.15, -0.1) is 0 Å². The Kier molecular flexibility index (Phi) is 7.88. The first-order valence-electron chi connectivity index (χ1n) is 7.92. The Hall–Kier alpha value is -2.06. The summed E-state index contributed by atoms with van der Waals surface area (Å²) in [5.74, 6) is 0.920. The summed E-state index contributed by atoms with van der Waals surface area (Å²) >= 11 is 0. The number of hydrogen-bond donors (Lipinski definition) is 4. The van der Waals surface area contributed by atoms with E-state index in [1.807, 2.05) is 0 Å². The SMILES string of the molecule is O=P(O)(O)COc1ccccc1OCCOc1ccccc1OCP(=O)(O)O. The maximum absolute atomic E-state index is 10.9. The van der Waals surface area contributed by atoms with Gasteiger partial charge in [0, 0.05) is 0 Å². The van der Waals surface area contributed by atoms with Crippen molar-refractivity contribution >= 4 is 15.2 Å². The molecule has 2 aromatic rings.